The van der Waals surface area contributed by atoms with E-state index in [1.807, 2.05) is 0 Å². The molecular formula is C17H36N2O. The molecule has 3 nitrogen and oxygen atoms in total. The topological polar surface area (TPSA) is 35.5 Å². The van der Waals surface area contributed by atoms with Crippen molar-refractivity contribution >= 4 is 0 Å². The molecule has 2 atom stereocenters. The first-order valence-electron chi connectivity index (χ1n) is 8.65. The van der Waals surface area contributed by atoms with Gasteiger partial charge in [-0.3, -0.25) is 0 Å². The maximum atomic E-state index is 9.89. The lowest BCUT2D eigenvalue weighted by atomic mass is 9.87. The molecule has 0 amide bonds. The lowest BCUT2D eigenvalue weighted by Gasteiger charge is -2.33. The molecule has 1 saturated carbocycles. The molecule has 2 N–H and O–H groups in total. The van der Waals surface area contributed by atoms with Crippen LogP contribution in [0.1, 0.15) is 59.8 Å². The quantitative estimate of drug-likeness (QED) is 0.673. The number of likely N-dealkylation sites (N-methyl/N-ethyl adjacent to an activating group) is 1. The van der Waals surface area contributed by atoms with Gasteiger partial charge < -0.3 is 15.3 Å². The highest BCUT2D eigenvalue weighted by molar-refractivity contribution is 4.91. The van der Waals surface area contributed by atoms with Gasteiger partial charge in [-0.25, -0.2) is 0 Å². The van der Waals surface area contributed by atoms with Gasteiger partial charge in [-0.1, -0.05) is 40.5 Å². The van der Waals surface area contributed by atoms with Gasteiger partial charge in [0.2, 0.25) is 0 Å². The zero-order chi connectivity index (χ0) is 15.0. The van der Waals surface area contributed by atoms with E-state index in [1.54, 1.807) is 0 Å². The minimum Gasteiger partial charge on any atom is -0.394 e. The van der Waals surface area contributed by atoms with E-state index in [0.717, 1.165) is 50.9 Å². The Kier molecular flexibility index (Phi) is 8.08. The van der Waals surface area contributed by atoms with Crippen molar-refractivity contribution < 1.29 is 5.11 Å². The van der Waals surface area contributed by atoms with Crippen molar-refractivity contribution in [3.63, 3.8) is 0 Å². The van der Waals surface area contributed by atoms with Crippen molar-refractivity contribution in [2.75, 3.05) is 32.8 Å². The van der Waals surface area contributed by atoms with Gasteiger partial charge in [0.1, 0.15) is 0 Å². The number of nitrogens with one attached hydrogen (secondary N) is 1. The van der Waals surface area contributed by atoms with Crippen LogP contribution in [0.5, 0.6) is 0 Å². The molecule has 1 aliphatic rings. The average Bonchev–Trinajstić information content (AvgIpc) is 2.67. The van der Waals surface area contributed by atoms with E-state index in [-0.39, 0.29) is 12.1 Å². The Morgan fingerprint density at radius 1 is 1.20 bits per heavy atom. The van der Waals surface area contributed by atoms with Gasteiger partial charge in [-0.15, -0.1) is 0 Å². The summed E-state index contributed by atoms with van der Waals surface area (Å²) in [6, 6.07) is 0. The van der Waals surface area contributed by atoms with Gasteiger partial charge in [0.15, 0.2) is 0 Å². The van der Waals surface area contributed by atoms with Crippen LogP contribution in [0.25, 0.3) is 0 Å². The smallest absolute Gasteiger partial charge is 0.0613 e. The minimum absolute atomic E-state index is 0.0171. The van der Waals surface area contributed by atoms with E-state index >= 15 is 0 Å². The molecule has 2 unspecified atom stereocenters. The van der Waals surface area contributed by atoms with Crippen molar-refractivity contribution in [2.24, 2.45) is 11.8 Å². The minimum atomic E-state index is -0.0171. The SMILES string of the molecule is CCN(CC)CCNC1(CO)CCCC(C(C)C)CC1. The molecule has 20 heavy (non-hydrogen) atoms. The van der Waals surface area contributed by atoms with Crippen LogP contribution in [0.4, 0.5) is 0 Å². The van der Waals surface area contributed by atoms with Crippen molar-refractivity contribution in [2.45, 2.75) is 65.3 Å². The highest BCUT2D eigenvalue weighted by Gasteiger charge is 2.32. The number of hydrogen-bond acceptors (Lipinski definition) is 3. The van der Waals surface area contributed by atoms with E-state index in [1.165, 1.54) is 19.3 Å². The maximum absolute atomic E-state index is 9.89. The molecular weight excluding hydrogens is 248 g/mol. The second-order valence-corrected chi connectivity index (χ2v) is 6.83. The second kappa shape index (κ2) is 9.01. The Morgan fingerprint density at radius 3 is 2.45 bits per heavy atom. The number of rotatable bonds is 8. The lowest BCUT2D eigenvalue weighted by Crippen LogP contribution is -2.50. The predicted octanol–water partition coefficient (Wildman–Crippen LogP) is 2.89. The second-order valence-electron chi connectivity index (χ2n) is 6.83. The van der Waals surface area contributed by atoms with Crippen LogP contribution in [-0.2, 0) is 0 Å². The van der Waals surface area contributed by atoms with Crippen molar-refractivity contribution in [1.82, 2.24) is 10.2 Å². The summed E-state index contributed by atoms with van der Waals surface area (Å²) < 4.78 is 0. The van der Waals surface area contributed by atoms with Gasteiger partial charge in [0.05, 0.1) is 6.61 Å². The monoisotopic (exact) mass is 284 g/mol. The number of nitrogens with zero attached hydrogens (tertiary/aromatic N) is 1. The van der Waals surface area contributed by atoms with E-state index in [9.17, 15) is 5.11 Å². The lowest BCUT2D eigenvalue weighted by molar-refractivity contribution is 0.137. The molecule has 0 heterocycles. The van der Waals surface area contributed by atoms with Crippen LogP contribution >= 0.6 is 0 Å². The third kappa shape index (κ3) is 5.34. The number of aliphatic hydroxyl groups excluding tert-OH is 1. The predicted molar refractivity (Wildman–Crippen MR) is 87.0 cm³/mol. The molecule has 120 valence electrons. The highest BCUT2D eigenvalue weighted by atomic mass is 16.3. The first-order valence-corrected chi connectivity index (χ1v) is 8.65. The van der Waals surface area contributed by atoms with Gasteiger partial charge in [-0.2, -0.15) is 0 Å². The fourth-order valence-electron chi connectivity index (χ4n) is 3.51. The summed E-state index contributed by atoms with van der Waals surface area (Å²) in [4.78, 5) is 2.44. The summed E-state index contributed by atoms with van der Waals surface area (Å²) in [5, 5.41) is 13.6. The summed E-state index contributed by atoms with van der Waals surface area (Å²) in [5.74, 6) is 1.62. The number of hydrogen-bond donors (Lipinski definition) is 2. The Balaban J connectivity index is 2.46. The average molecular weight is 284 g/mol. The summed E-state index contributed by atoms with van der Waals surface area (Å²) in [7, 11) is 0. The Morgan fingerprint density at radius 2 is 1.90 bits per heavy atom. The highest BCUT2D eigenvalue weighted by Crippen LogP contribution is 2.33. The van der Waals surface area contributed by atoms with Gasteiger partial charge in [0, 0.05) is 18.6 Å². The van der Waals surface area contributed by atoms with E-state index < -0.39 is 0 Å². The zero-order valence-corrected chi connectivity index (χ0v) is 14.1. The fourth-order valence-corrected chi connectivity index (χ4v) is 3.51. The van der Waals surface area contributed by atoms with E-state index in [4.69, 9.17) is 0 Å². The van der Waals surface area contributed by atoms with E-state index in [2.05, 4.69) is 37.9 Å². The van der Waals surface area contributed by atoms with Crippen LogP contribution in [-0.4, -0.2) is 48.3 Å². The van der Waals surface area contributed by atoms with Gasteiger partial charge in [-0.05, 0) is 44.2 Å². The molecule has 0 aromatic heterocycles. The molecule has 3 heteroatoms. The molecule has 1 aliphatic carbocycles. The summed E-state index contributed by atoms with van der Waals surface area (Å²) in [6.45, 7) is 13.7. The van der Waals surface area contributed by atoms with Crippen LogP contribution in [0.2, 0.25) is 0 Å². The molecule has 0 saturated heterocycles. The molecule has 0 radical (unpaired) electrons. The molecule has 1 fully saturated rings. The zero-order valence-electron chi connectivity index (χ0n) is 14.1. The molecule has 0 aliphatic heterocycles. The summed E-state index contributed by atoms with van der Waals surface area (Å²) >= 11 is 0. The van der Waals surface area contributed by atoms with E-state index in [0.29, 0.717) is 0 Å². The molecule has 0 aromatic carbocycles. The number of aliphatic hydroxyl groups is 1. The van der Waals surface area contributed by atoms with Crippen LogP contribution < -0.4 is 5.32 Å². The maximum Gasteiger partial charge on any atom is 0.0613 e. The molecule has 0 bridgehead atoms. The first-order chi connectivity index (χ1) is 9.56. The fraction of sp³-hybridized carbons (Fsp3) is 1.00. The van der Waals surface area contributed by atoms with Crippen LogP contribution in [0, 0.1) is 11.8 Å². The summed E-state index contributed by atoms with van der Waals surface area (Å²) in [5.41, 5.74) is -0.0171. The van der Waals surface area contributed by atoms with Crippen molar-refractivity contribution in [1.29, 1.82) is 0 Å². The third-order valence-corrected chi connectivity index (χ3v) is 5.29. The van der Waals surface area contributed by atoms with Crippen LogP contribution in [0.15, 0.2) is 0 Å². The van der Waals surface area contributed by atoms with Crippen LogP contribution in [0.3, 0.4) is 0 Å². The van der Waals surface area contributed by atoms with Gasteiger partial charge in [0.25, 0.3) is 0 Å². The van der Waals surface area contributed by atoms with Crippen molar-refractivity contribution in [3.8, 4) is 0 Å². The standard InChI is InChI=1S/C17H36N2O/c1-5-19(6-2)13-12-18-17(14-20)10-7-8-16(9-11-17)15(3)4/h15-16,18,20H,5-14H2,1-4H3. The summed E-state index contributed by atoms with van der Waals surface area (Å²) in [6.07, 6.45) is 6.10. The Labute approximate surface area is 126 Å². The van der Waals surface area contributed by atoms with Crippen molar-refractivity contribution in [3.05, 3.63) is 0 Å². The molecule has 1 rings (SSSR count). The normalized spacial score (nSPS) is 28.1. The van der Waals surface area contributed by atoms with Gasteiger partial charge >= 0.3 is 0 Å². The molecule has 0 aromatic rings. The molecule has 0 spiro atoms. The largest absolute Gasteiger partial charge is 0.394 e. The Hall–Kier alpha value is -0.120. The third-order valence-electron chi connectivity index (χ3n) is 5.29. The Bertz CT molecular complexity index is 253. The first kappa shape index (κ1) is 17.9.